The lowest BCUT2D eigenvalue weighted by atomic mass is 9.74. The molecule has 0 bridgehead atoms. The number of rotatable bonds is 6. The first kappa shape index (κ1) is 15.5. The quantitative estimate of drug-likeness (QED) is 0.617. The average Bonchev–Trinajstić information content (AvgIpc) is 2.93. The van der Waals surface area contributed by atoms with Crippen molar-refractivity contribution in [2.24, 2.45) is 11.8 Å². The molecule has 1 atom stereocenters. The maximum Gasteiger partial charge on any atom is 0.110 e. The van der Waals surface area contributed by atoms with Gasteiger partial charge in [-0.05, 0) is 38.5 Å². The summed E-state index contributed by atoms with van der Waals surface area (Å²) in [5, 5.41) is 0. The lowest BCUT2D eigenvalue weighted by Crippen LogP contribution is -2.57. The summed E-state index contributed by atoms with van der Waals surface area (Å²) in [4.78, 5) is 4.46. The van der Waals surface area contributed by atoms with Crippen molar-refractivity contribution >= 4 is 0 Å². The van der Waals surface area contributed by atoms with Crippen LogP contribution in [0.15, 0.2) is 12.4 Å². The van der Waals surface area contributed by atoms with Crippen molar-refractivity contribution in [1.82, 2.24) is 15.0 Å². The molecule has 0 amide bonds. The Labute approximate surface area is 121 Å². The Morgan fingerprint density at radius 3 is 2.80 bits per heavy atom. The highest BCUT2D eigenvalue weighted by Gasteiger charge is 2.41. The van der Waals surface area contributed by atoms with E-state index >= 15 is 0 Å². The van der Waals surface area contributed by atoms with Crippen molar-refractivity contribution in [3.05, 3.63) is 18.2 Å². The summed E-state index contributed by atoms with van der Waals surface area (Å²) >= 11 is 0. The van der Waals surface area contributed by atoms with E-state index in [4.69, 9.17) is 10.6 Å². The van der Waals surface area contributed by atoms with E-state index in [0.29, 0.717) is 0 Å². The summed E-state index contributed by atoms with van der Waals surface area (Å²) in [5.74, 6) is 7.70. The third-order valence-corrected chi connectivity index (χ3v) is 4.89. The molecule has 1 aromatic rings. The van der Waals surface area contributed by atoms with Gasteiger partial charge in [-0.25, -0.2) is 4.98 Å². The fourth-order valence-electron chi connectivity index (χ4n) is 3.34. The third kappa shape index (κ3) is 3.05. The van der Waals surface area contributed by atoms with Crippen LogP contribution in [0.25, 0.3) is 0 Å². The molecule has 5 nitrogen and oxygen atoms in total. The minimum Gasteiger partial charge on any atom is -0.377 e. The van der Waals surface area contributed by atoms with Gasteiger partial charge in [-0.2, -0.15) is 0 Å². The monoisotopic (exact) mass is 280 g/mol. The molecule has 1 aliphatic carbocycles. The number of hydrazine groups is 1. The van der Waals surface area contributed by atoms with Crippen molar-refractivity contribution in [2.45, 2.75) is 64.1 Å². The highest BCUT2D eigenvalue weighted by molar-refractivity contribution is 5.03. The minimum absolute atomic E-state index is 0.104. The Balaban J connectivity index is 2.13. The predicted molar refractivity (Wildman–Crippen MR) is 80.1 cm³/mol. The molecule has 5 heteroatoms. The van der Waals surface area contributed by atoms with Crippen molar-refractivity contribution in [3.63, 3.8) is 0 Å². The highest BCUT2D eigenvalue weighted by Crippen LogP contribution is 2.37. The van der Waals surface area contributed by atoms with Gasteiger partial charge in [-0.15, -0.1) is 0 Å². The number of nitrogens with zero attached hydrogens (tertiary/aromatic N) is 2. The number of aromatic nitrogens is 2. The summed E-state index contributed by atoms with van der Waals surface area (Å²) in [6.45, 7) is 5.38. The van der Waals surface area contributed by atoms with Crippen LogP contribution < -0.4 is 11.3 Å². The van der Waals surface area contributed by atoms with Gasteiger partial charge in [-0.1, -0.05) is 6.92 Å². The number of ether oxygens (including phenoxy) is 1. The lowest BCUT2D eigenvalue weighted by Gasteiger charge is -2.43. The standard InChI is InChI=1S/C15H28N4O/c1-4-19-10-9-17-14(19)11-13(18-16)15(20-3)7-5-12(2)6-8-15/h9-10,12-13,18H,4-8,11,16H2,1-3H3. The van der Waals surface area contributed by atoms with Gasteiger partial charge in [0.15, 0.2) is 0 Å². The van der Waals surface area contributed by atoms with Gasteiger partial charge in [-0.3, -0.25) is 11.3 Å². The number of aryl methyl sites for hydroxylation is 1. The maximum absolute atomic E-state index is 5.92. The normalized spacial score (nSPS) is 28.5. The second-order valence-corrected chi connectivity index (χ2v) is 6.00. The molecule has 1 heterocycles. The van der Waals surface area contributed by atoms with E-state index < -0.39 is 0 Å². The molecule has 1 aliphatic rings. The molecular weight excluding hydrogens is 252 g/mol. The van der Waals surface area contributed by atoms with Gasteiger partial charge in [0, 0.05) is 32.5 Å². The molecule has 114 valence electrons. The Bertz CT molecular complexity index is 410. The van der Waals surface area contributed by atoms with Gasteiger partial charge < -0.3 is 9.30 Å². The molecule has 1 aromatic heterocycles. The molecule has 1 fully saturated rings. The lowest BCUT2D eigenvalue weighted by molar-refractivity contribution is -0.0751. The average molecular weight is 280 g/mol. The summed E-state index contributed by atoms with van der Waals surface area (Å²) in [5.41, 5.74) is 2.83. The maximum atomic E-state index is 5.92. The Morgan fingerprint density at radius 2 is 2.25 bits per heavy atom. The first-order valence-corrected chi connectivity index (χ1v) is 7.66. The number of hydrogen-bond donors (Lipinski definition) is 2. The number of hydrogen-bond acceptors (Lipinski definition) is 4. The van der Waals surface area contributed by atoms with Crippen LogP contribution in [0.3, 0.4) is 0 Å². The molecule has 0 saturated heterocycles. The number of imidazole rings is 1. The van der Waals surface area contributed by atoms with Crippen LogP contribution in [0.4, 0.5) is 0 Å². The van der Waals surface area contributed by atoms with Crippen molar-refractivity contribution in [2.75, 3.05) is 7.11 Å². The van der Waals surface area contributed by atoms with Gasteiger partial charge in [0.25, 0.3) is 0 Å². The van der Waals surface area contributed by atoms with E-state index in [1.165, 1.54) is 12.8 Å². The summed E-state index contributed by atoms with van der Waals surface area (Å²) in [6.07, 6.45) is 9.21. The molecule has 2 rings (SSSR count). The summed E-state index contributed by atoms with van der Waals surface area (Å²) in [7, 11) is 1.81. The summed E-state index contributed by atoms with van der Waals surface area (Å²) < 4.78 is 8.09. The molecule has 0 aliphatic heterocycles. The largest absolute Gasteiger partial charge is 0.377 e. The third-order valence-electron chi connectivity index (χ3n) is 4.89. The van der Waals surface area contributed by atoms with E-state index in [1.54, 1.807) is 0 Å². The van der Waals surface area contributed by atoms with Crippen LogP contribution in [0, 0.1) is 5.92 Å². The van der Waals surface area contributed by atoms with Gasteiger partial charge in [0.05, 0.1) is 11.6 Å². The fourth-order valence-corrected chi connectivity index (χ4v) is 3.34. The Morgan fingerprint density at radius 1 is 1.55 bits per heavy atom. The second kappa shape index (κ2) is 6.70. The first-order chi connectivity index (χ1) is 9.65. The van der Waals surface area contributed by atoms with Gasteiger partial charge >= 0.3 is 0 Å². The first-order valence-electron chi connectivity index (χ1n) is 7.66. The van der Waals surface area contributed by atoms with Crippen molar-refractivity contribution in [1.29, 1.82) is 0 Å². The van der Waals surface area contributed by atoms with Crippen LogP contribution in [0.5, 0.6) is 0 Å². The fraction of sp³-hybridized carbons (Fsp3) is 0.800. The van der Waals surface area contributed by atoms with E-state index in [2.05, 4.69) is 28.8 Å². The van der Waals surface area contributed by atoms with E-state index in [-0.39, 0.29) is 11.6 Å². The smallest absolute Gasteiger partial charge is 0.110 e. The topological polar surface area (TPSA) is 65.1 Å². The molecular formula is C15H28N4O. The number of nitrogens with two attached hydrogens (primary N) is 1. The van der Waals surface area contributed by atoms with Crippen molar-refractivity contribution < 1.29 is 4.74 Å². The molecule has 1 saturated carbocycles. The molecule has 0 spiro atoms. The van der Waals surface area contributed by atoms with Crippen LogP contribution in [-0.4, -0.2) is 28.3 Å². The zero-order chi connectivity index (χ0) is 14.6. The van der Waals surface area contributed by atoms with Crippen LogP contribution >= 0.6 is 0 Å². The Hall–Kier alpha value is -0.910. The highest BCUT2D eigenvalue weighted by atomic mass is 16.5. The molecule has 0 radical (unpaired) electrons. The van der Waals surface area contributed by atoms with E-state index in [0.717, 1.165) is 37.5 Å². The van der Waals surface area contributed by atoms with Crippen molar-refractivity contribution in [3.8, 4) is 0 Å². The Kier molecular flexibility index (Phi) is 5.18. The van der Waals surface area contributed by atoms with Crippen LogP contribution in [-0.2, 0) is 17.7 Å². The number of methoxy groups -OCH3 is 1. The molecule has 3 N–H and O–H groups in total. The van der Waals surface area contributed by atoms with E-state index in [9.17, 15) is 0 Å². The molecule has 0 aromatic carbocycles. The van der Waals surface area contributed by atoms with Crippen LogP contribution in [0.1, 0.15) is 45.4 Å². The van der Waals surface area contributed by atoms with Crippen LogP contribution in [0.2, 0.25) is 0 Å². The molecule has 1 unspecified atom stereocenters. The summed E-state index contributed by atoms with van der Waals surface area (Å²) in [6, 6.07) is 0.104. The van der Waals surface area contributed by atoms with Gasteiger partial charge in [0.2, 0.25) is 0 Å². The van der Waals surface area contributed by atoms with E-state index in [1.807, 2.05) is 19.5 Å². The number of nitrogens with one attached hydrogen (secondary N) is 1. The minimum atomic E-state index is -0.161. The predicted octanol–water partition coefficient (Wildman–Crippen LogP) is 1.87. The zero-order valence-electron chi connectivity index (χ0n) is 12.9. The SMILES string of the molecule is CCn1ccnc1CC(NN)C1(OC)CCC(C)CC1. The zero-order valence-corrected chi connectivity index (χ0v) is 12.9. The van der Waals surface area contributed by atoms with Gasteiger partial charge in [0.1, 0.15) is 5.82 Å². The second-order valence-electron chi connectivity index (χ2n) is 6.00. The molecule has 20 heavy (non-hydrogen) atoms.